The van der Waals surface area contributed by atoms with Crippen LogP contribution in [0.3, 0.4) is 0 Å². The molecule has 1 N–H and O–H groups in total. The van der Waals surface area contributed by atoms with Crippen molar-refractivity contribution in [2.45, 2.75) is 29.9 Å². The average Bonchev–Trinajstić information content (AvgIpc) is 2.46. The Morgan fingerprint density at radius 2 is 1.91 bits per heavy atom. The zero-order chi connectivity index (χ0) is 17.7. The number of carbonyl (C=O) groups is 1. The minimum absolute atomic E-state index is 0.162. The van der Waals surface area contributed by atoms with Crippen molar-refractivity contribution < 1.29 is 31.1 Å². The summed E-state index contributed by atoms with van der Waals surface area (Å²) < 4.78 is 64.8. The molecule has 1 unspecified atom stereocenters. The van der Waals surface area contributed by atoms with E-state index in [1.165, 1.54) is 6.92 Å². The smallest absolute Gasteiger partial charge is 0.368 e. The summed E-state index contributed by atoms with van der Waals surface area (Å²) in [7, 11) is -5.40. The fourth-order valence-corrected chi connectivity index (χ4v) is 2.26. The second-order valence-electron chi connectivity index (χ2n) is 4.55. The zero-order valence-corrected chi connectivity index (χ0v) is 13.1. The number of amides is 1. The van der Waals surface area contributed by atoms with Crippen molar-refractivity contribution in [2.75, 3.05) is 11.9 Å². The van der Waals surface area contributed by atoms with Crippen LogP contribution in [0.1, 0.15) is 13.3 Å². The Morgan fingerprint density at radius 3 is 2.39 bits per heavy atom. The second kappa shape index (κ2) is 7.60. The number of alkyl halides is 3. The third kappa shape index (κ3) is 5.07. The van der Waals surface area contributed by atoms with Crippen LogP contribution in [-0.4, -0.2) is 32.5 Å². The molecule has 1 atom stereocenters. The third-order valence-corrected chi connectivity index (χ3v) is 4.30. The Morgan fingerprint density at radius 1 is 1.35 bits per heavy atom. The first kappa shape index (κ1) is 19.2. The molecule has 1 amide bonds. The Balaban J connectivity index is 2.75. The summed E-state index contributed by atoms with van der Waals surface area (Å²) in [5.41, 5.74) is -5.21. The van der Waals surface area contributed by atoms with Gasteiger partial charge in [0.05, 0.1) is 11.5 Å². The summed E-state index contributed by atoms with van der Waals surface area (Å²) >= 11 is 0. The van der Waals surface area contributed by atoms with E-state index in [2.05, 4.69) is 11.9 Å². The number of hydrogen-bond donors (Lipinski definition) is 1. The summed E-state index contributed by atoms with van der Waals surface area (Å²) in [6.07, 6.45) is 1.43. The van der Waals surface area contributed by atoms with Crippen LogP contribution in [0.4, 0.5) is 18.9 Å². The number of carbonyl (C=O) groups excluding carboxylic acids is 1. The van der Waals surface area contributed by atoms with Gasteiger partial charge in [-0.25, -0.2) is 8.42 Å². The lowest BCUT2D eigenvalue weighted by Crippen LogP contribution is -2.28. The highest BCUT2D eigenvalue weighted by molar-refractivity contribution is 7.92. The summed E-state index contributed by atoms with van der Waals surface area (Å²) in [5, 5.41) is 2.42. The highest BCUT2D eigenvalue weighted by atomic mass is 32.2. The number of hydrogen-bond acceptors (Lipinski definition) is 4. The number of benzene rings is 1. The molecule has 9 heteroatoms. The van der Waals surface area contributed by atoms with Crippen LogP contribution in [-0.2, 0) is 19.4 Å². The second-order valence-corrected chi connectivity index (χ2v) is 6.49. The van der Waals surface area contributed by atoms with E-state index in [1.54, 1.807) is 6.08 Å². The van der Waals surface area contributed by atoms with Crippen LogP contribution in [0.15, 0.2) is 41.8 Å². The van der Waals surface area contributed by atoms with Crippen molar-refractivity contribution in [3.63, 3.8) is 0 Å². The Labute approximate surface area is 132 Å². The molecule has 1 rings (SSSR count). The van der Waals surface area contributed by atoms with E-state index >= 15 is 0 Å². The Bertz CT molecular complexity index is 654. The predicted molar refractivity (Wildman–Crippen MR) is 78.5 cm³/mol. The molecule has 0 bridgehead atoms. The van der Waals surface area contributed by atoms with E-state index in [9.17, 15) is 26.4 Å². The Kier molecular flexibility index (Phi) is 6.34. The lowest BCUT2D eigenvalue weighted by molar-refractivity contribution is -0.126. The van der Waals surface area contributed by atoms with Gasteiger partial charge < -0.3 is 10.1 Å². The standard InChI is InChI=1S/C14H16F3NO4S/c1-3-4-9-22-10(2)13(19)18-11-5-7-12(8-6-11)23(20,21)14(15,16)17/h3,5-8,10H,1,4,9H2,2H3,(H,18,19). The van der Waals surface area contributed by atoms with Crippen LogP contribution < -0.4 is 5.32 Å². The summed E-state index contributed by atoms with van der Waals surface area (Å²) in [6.45, 7) is 5.33. The summed E-state index contributed by atoms with van der Waals surface area (Å²) in [6, 6.07) is 3.71. The van der Waals surface area contributed by atoms with E-state index < -0.39 is 32.3 Å². The molecule has 0 saturated heterocycles. The number of halogens is 3. The Hall–Kier alpha value is -1.87. The van der Waals surface area contributed by atoms with Crippen molar-refractivity contribution in [3.8, 4) is 0 Å². The minimum Gasteiger partial charge on any atom is -0.368 e. The van der Waals surface area contributed by atoms with Crippen molar-refractivity contribution in [2.24, 2.45) is 0 Å². The van der Waals surface area contributed by atoms with Crippen molar-refractivity contribution >= 4 is 21.4 Å². The van der Waals surface area contributed by atoms with Crippen LogP contribution in [0.5, 0.6) is 0 Å². The molecule has 0 saturated carbocycles. The average molecular weight is 351 g/mol. The molecule has 0 aliphatic heterocycles. The first-order valence-corrected chi connectivity index (χ1v) is 8.02. The van der Waals surface area contributed by atoms with Gasteiger partial charge in [-0.05, 0) is 37.6 Å². The van der Waals surface area contributed by atoms with Crippen LogP contribution in [0.25, 0.3) is 0 Å². The molecule has 23 heavy (non-hydrogen) atoms. The predicted octanol–water partition coefficient (Wildman–Crippen LogP) is 2.90. The number of nitrogens with one attached hydrogen (secondary N) is 1. The van der Waals surface area contributed by atoms with Crippen molar-refractivity contribution in [1.29, 1.82) is 0 Å². The fraction of sp³-hybridized carbons (Fsp3) is 0.357. The van der Waals surface area contributed by atoms with Crippen LogP contribution in [0, 0.1) is 0 Å². The number of anilines is 1. The third-order valence-electron chi connectivity index (χ3n) is 2.80. The van der Waals surface area contributed by atoms with E-state index in [-0.39, 0.29) is 5.69 Å². The molecule has 0 spiro atoms. The summed E-state index contributed by atoms with van der Waals surface area (Å²) in [5.74, 6) is -0.500. The van der Waals surface area contributed by atoms with Gasteiger partial charge in [0, 0.05) is 5.69 Å². The largest absolute Gasteiger partial charge is 0.501 e. The molecule has 0 aliphatic carbocycles. The molecule has 0 fully saturated rings. The lowest BCUT2D eigenvalue weighted by atomic mass is 10.3. The molecular formula is C14H16F3NO4S. The normalized spacial score (nSPS) is 13.4. The molecule has 0 heterocycles. The SMILES string of the molecule is C=CCCOC(C)C(=O)Nc1ccc(S(=O)(=O)C(F)(F)F)cc1. The molecule has 0 radical (unpaired) electrons. The fourth-order valence-electron chi connectivity index (χ4n) is 1.50. The maximum atomic E-state index is 12.4. The van der Waals surface area contributed by atoms with Gasteiger partial charge >= 0.3 is 5.51 Å². The lowest BCUT2D eigenvalue weighted by Gasteiger charge is -2.13. The van der Waals surface area contributed by atoms with E-state index in [4.69, 9.17) is 4.74 Å². The molecule has 1 aromatic carbocycles. The van der Waals surface area contributed by atoms with E-state index in [0.717, 1.165) is 24.3 Å². The van der Waals surface area contributed by atoms with E-state index in [0.29, 0.717) is 13.0 Å². The van der Waals surface area contributed by atoms with Crippen molar-refractivity contribution in [1.82, 2.24) is 0 Å². The first-order chi connectivity index (χ1) is 10.6. The van der Waals surface area contributed by atoms with Gasteiger partial charge in [0.1, 0.15) is 6.10 Å². The number of ether oxygens (including phenoxy) is 1. The molecule has 1 aromatic rings. The molecule has 128 valence electrons. The highest BCUT2D eigenvalue weighted by Crippen LogP contribution is 2.30. The monoisotopic (exact) mass is 351 g/mol. The van der Waals surface area contributed by atoms with Gasteiger partial charge in [-0.3, -0.25) is 4.79 Å². The van der Waals surface area contributed by atoms with Crippen LogP contribution >= 0.6 is 0 Å². The molecule has 0 aromatic heterocycles. The first-order valence-electron chi connectivity index (χ1n) is 6.54. The number of sulfone groups is 1. The van der Waals surface area contributed by atoms with Gasteiger partial charge in [0.2, 0.25) is 0 Å². The van der Waals surface area contributed by atoms with Crippen LogP contribution in [0.2, 0.25) is 0 Å². The molecular weight excluding hydrogens is 335 g/mol. The van der Waals surface area contributed by atoms with Gasteiger partial charge in [-0.1, -0.05) is 6.08 Å². The van der Waals surface area contributed by atoms with E-state index in [1.807, 2.05) is 0 Å². The zero-order valence-electron chi connectivity index (χ0n) is 12.3. The van der Waals surface area contributed by atoms with Gasteiger partial charge in [-0.15, -0.1) is 6.58 Å². The van der Waals surface area contributed by atoms with Gasteiger partial charge in [0.15, 0.2) is 0 Å². The molecule has 5 nitrogen and oxygen atoms in total. The number of rotatable bonds is 7. The minimum atomic E-state index is -5.40. The quantitative estimate of drug-likeness (QED) is 0.606. The van der Waals surface area contributed by atoms with Gasteiger partial charge in [-0.2, -0.15) is 13.2 Å². The van der Waals surface area contributed by atoms with Crippen molar-refractivity contribution in [3.05, 3.63) is 36.9 Å². The maximum absolute atomic E-state index is 12.4. The topological polar surface area (TPSA) is 72.5 Å². The highest BCUT2D eigenvalue weighted by Gasteiger charge is 2.46. The maximum Gasteiger partial charge on any atom is 0.501 e. The molecule has 0 aliphatic rings. The van der Waals surface area contributed by atoms with Gasteiger partial charge in [0.25, 0.3) is 15.7 Å². The summed E-state index contributed by atoms with van der Waals surface area (Å²) in [4.78, 5) is 10.9.